The van der Waals surface area contributed by atoms with Crippen molar-refractivity contribution in [3.05, 3.63) is 68.5 Å². The summed E-state index contributed by atoms with van der Waals surface area (Å²) in [5, 5.41) is 26.2. The van der Waals surface area contributed by atoms with Crippen molar-refractivity contribution in [2.45, 2.75) is 43.6 Å². The van der Waals surface area contributed by atoms with Crippen molar-refractivity contribution < 1.29 is 27.6 Å². The molecule has 4 rings (SSSR count). The lowest BCUT2D eigenvalue weighted by Crippen LogP contribution is -2.31. The van der Waals surface area contributed by atoms with Crippen molar-refractivity contribution in [2.24, 2.45) is 0 Å². The maximum Gasteiger partial charge on any atom is 0.335 e. The molecule has 3 heterocycles. The van der Waals surface area contributed by atoms with Crippen LogP contribution in [0, 0.1) is 0 Å². The van der Waals surface area contributed by atoms with E-state index in [0.717, 1.165) is 0 Å². The summed E-state index contributed by atoms with van der Waals surface area (Å²) in [7, 11) is -2.75. The lowest BCUT2D eigenvalue weighted by Gasteiger charge is -2.21. The summed E-state index contributed by atoms with van der Waals surface area (Å²) < 4.78 is 31.0. The standard InChI is InChI=1S/C22H24BrN5O6S2/c1-22(31,18-4-3-5-19(23)28-18)12-6-17(35-10-12)20(30)14-9-25-11-26-21(14)27-13-7-15(29)16(8-13)34-36(32,33)24-2/h3-6,9-11,13,15-16,24,29,31H,7-8H2,1-2H3,(H,25,26,27)/t13-,15+,16-,22+/m1/s1. The molecule has 1 saturated carbocycles. The Labute approximate surface area is 220 Å². The first kappa shape index (κ1) is 26.7. The normalized spacial score (nSPS) is 21.8. The summed E-state index contributed by atoms with van der Waals surface area (Å²) in [5.74, 6) is -0.101. The number of aliphatic hydroxyl groups is 2. The molecule has 0 unspecified atom stereocenters. The molecule has 3 aromatic heterocycles. The van der Waals surface area contributed by atoms with Gasteiger partial charge in [-0.1, -0.05) is 6.07 Å². The van der Waals surface area contributed by atoms with E-state index in [1.165, 1.54) is 30.9 Å². The first-order chi connectivity index (χ1) is 17.0. The third-order valence-corrected chi connectivity index (χ3v) is 8.24. The average molecular weight is 599 g/mol. The summed E-state index contributed by atoms with van der Waals surface area (Å²) in [6.07, 6.45) is 1.11. The number of carbonyl (C=O) groups excluding carboxylic acids is 1. The quantitative estimate of drug-likeness (QED) is 0.212. The molecule has 1 aliphatic rings. The van der Waals surface area contributed by atoms with E-state index >= 15 is 0 Å². The largest absolute Gasteiger partial charge is 0.390 e. The Kier molecular flexibility index (Phi) is 7.85. The van der Waals surface area contributed by atoms with E-state index in [4.69, 9.17) is 4.18 Å². The highest BCUT2D eigenvalue weighted by atomic mass is 79.9. The van der Waals surface area contributed by atoms with Gasteiger partial charge in [0.05, 0.1) is 22.2 Å². The molecule has 1 aliphatic carbocycles. The minimum atomic E-state index is -3.97. The molecule has 4 atom stereocenters. The highest BCUT2D eigenvalue weighted by molar-refractivity contribution is 9.10. The molecular formula is C22H24BrN5O6S2. The second-order valence-electron chi connectivity index (χ2n) is 8.40. The minimum Gasteiger partial charge on any atom is -0.390 e. The maximum atomic E-state index is 13.4. The number of halogens is 1. The minimum absolute atomic E-state index is 0.186. The molecule has 14 heteroatoms. The Hall–Kier alpha value is -2.33. The Bertz CT molecular complexity index is 1370. The predicted octanol–water partition coefficient (Wildman–Crippen LogP) is 1.97. The van der Waals surface area contributed by atoms with Crippen LogP contribution >= 0.6 is 27.3 Å². The molecule has 11 nitrogen and oxygen atoms in total. The molecule has 192 valence electrons. The van der Waals surface area contributed by atoms with Crippen LogP contribution < -0.4 is 10.0 Å². The SMILES string of the molecule is CNS(=O)(=O)O[C@@H]1C[C@H](Nc2ncncc2C(=O)c2cc([C@](C)(O)c3cccc(Br)n3)cs2)C[C@@H]1O. The number of anilines is 1. The Morgan fingerprint density at radius 2 is 2.11 bits per heavy atom. The van der Waals surface area contributed by atoms with Gasteiger partial charge in [0.15, 0.2) is 0 Å². The molecule has 36 heavy (non-hydrogen) atoms. The van der Waals surface area contributed by atoms with Gasteiger partial charge in [0.1, 0.15) is 28.5 Å². The molecule has 0 radical (unpaired) electrons. The number of aromatic nitrogens is 3. The number of aliphatic hydroxyl groups excluding tert-OH is 1. The van der Waals surface area contributed by atoms with Crippen LogP contribution in [-0.2, 0) is 20.1 Å². The van der Waals surface area contributed by atoms with Gasteiger partial charge in [0, 0.05) is 24.8 Å². The summed E-state index contributed by atoms with van der Waals surface area (Å²) in [6.45, 7) is 1.61. The number of pyridine rings is 1. The number of nitrogens with one attached hydrogen (secondary N) is 2. The molecule has 0 amide bonds. The molecule has 0 spiro atoms. The maximum absolute atomic E-state index is 13.4. The highest BCUT2D eigenvalue weighted by Gasteiger charge is 2.37. The average Bonchev–Trinajstić information content (AvgIpc) is 3.46. The number of ketones is 1. The molecule has 4 N–H and O–H groups in total. The lowest BCUT2D eigenvalue weighted by atomic mass is 9.94. The van der Waals surface area contributed by atoms with Crippen LogP contribution in [0.5, 0.6) is 0 Å². The first-order valence-electron chi connectivity index (χ1n) is 10.9. The van der Waals surface area contributed by atoms with Gasteiger partial charge in [-0.2, -0.15) is 13.1 Å². The van der Waals surface area contributed by atoms with E-state index in [9.17, 15) is 23.4 Å². The number of nitrogens with zero attached hydrogens (tertiary/aromatic N) is 3. The van der Waals surface area contributed by atoms with Gasteiger partial charge in [-0.25, -0.2) is 15.0 Å². The van der Waals surface area contributed by atoms with E-state index in [1.807, 2.05) is 0 Å². The van der Waals surface area contributed by atoms with Crippen LogP contribution in [-0.4, -0.2) is 64.7 Å². The molecule has 0 aromatic carbocycles. The molecule has 0 aliphatic heterocycles. The zero-order valence-corrected chi connectivity index (χ0v) is 22.5. The van der Waals surface area contributed by atoms with Crippen LogP contribution in [0.4, 0.5) is 5.82 Å². The van der Waals surface area contributed by atoms with Gasteiger partial charge >= 0.3 is 10.3 Å². The molecular weight excluding hydrogens is 574 g/mol. The number of rotatable bonds is 9. The topological polar surface area (TPSA) is 164 Å². The Morgan fingerprint density at radius 1 is 1.33 bits per heavy atom. The number of carbonyl (C=O) groups is 1. The molecule has 0 saturated heterocycles. The van der Waals surface area contributed by atoms with Crippen molar-refractivity contribution in [3.8, 4) is 0 Å². The summed E-state index contributed by atoms with van der Waals surface area (Å²) in [4.78, 5) is 26.2. The second kappa shape index (κ2) is 10.6. The second-order valence-corrected chi connectivity index (χ2v) is 11.6. The van der Waals surface area contributed by atoms with Gasteiger partial charge in [-0.15, -0.1) is 11.3 Å². The highest BCUT2D eigenvalue weighted by Crippen LogP contribution is 2.33. The molecule has 0 bridgehead atoms. The van der Waals surface area contributed by atoms with E-state index in [0.29, 0.717) is 20.7 Å². The zero-order valence-electron chi connectivity index (χ0n) is 19.3. The first-order valence-corrected chi connectivity index (χ1v) is 13.9. The van der Waals surface area contributed by atoms with Crippen molar-refractivity contribution in [1.29, 1.82) is 0 Å². The number of hydrogen-bond donors (Lipinski definition) is 4. The van der Waals surface area contributed by atoms with Crippen LogP contribution in [0.1, 0.15) is 46.3 Å². The fourth-order valence-electron chi connectivity index (χ4n) is 3.88. The van der Waals surface area contributed by atoms with Crippen molar-refractivity contribution in [3.63, 3.8) is 0 Å². The zero-order chi connectivity index (χ0) is 26.1. The summed E-state index contributed by atoms with van der Waals surface area (Å²) in [6, 6.07) is 6.44. The smallest absolute Gasteiger partial charge is 0.335 e. The van der Waals surface area contributed by atoms with E-state index in [1.54, 1.807) is 36.6 Å². The summed E-state index contributed by atoms with van der Waals surface area (Å²) >= 11 is 4.48. The number of thiophene rings is 1. The third-order valence-electron chi connectivity index (χ3n) is 5.87. The van der Waals surface area contributed by atoms with Crippen molar-refractivity contribution in [1.82, 2.24) is 19.7 Å². The van der Waals surface area contributed by atoms with Gasteiger partial charge in [-0.3, -0.25) is 8.98 Å². The Balaban J connectivity index is 1.52. The lowest BCUT2D eigenvalue weighted by molar-refractivity contribution is 0.0636. The van der Waals surface area contributed by atoms with Crippen LogP contribution in [0.2, 0.25) is 0 Å². The van der Waals surface area contributed by atoms with Gasteiger partial charge in [0.2, 0.25) is 5.78 Å². The Morgan fingerprint density at radius 3 is 2.83 bits per heavy atom. The third kappa shape index (κ3) is 5.80. The van der Waals surface area contributed by atoms with Crippen LogP contribution in [0.3, 0.4) is 0 Å². The fourth-order valence-corrected chi connectivity index (χ4v) is 5.82. The summed E-state index contributed by atoms with van der Waals surface area (Å²) in [5.41, 5.74) is -0.281. The predicted molar refractivity (Wildman–Crippen MR) is 136 cm³/mol. The van der Waals surface area contributed by atoms with Crippen molar-refractivity contribution >= 4 is 49.2 Å². The van der Waals surface area contributed by atoms with Gasteiger partial charge in [-0.05, 0) is 59.3 Å². The van der Waals surface area contributed by atoms with E-state index < -0.39 is 28.1 Å². The molecule has 1 fully saturated rings. The molecule has 3 aromatic rings. The van der Waals surface area contributed by atoms with Gasteiger partial charge in [0.25, 0.3) is 0 Å². The van der Waals surface area contributed by atoms with Crippen LogP contribution in [0.25, 0.3) is 0 Å². The number of hydrogen-bond acceptors (Lipinski definition) is 11. The van der Waals surface area contributed by atoms with Gasteiger partial charge < -0.3 is 15.5 Å². The van der Waals surface area contributed by atoms with Crippen molar-refractivity contribution in [2.75, 3.05) is 12.4 Å². The fraction of sp³-hybridized carbons (Fsp3) is 0.364. The monoisotopic (exact) mass is 597 g/mol. The van der Waals surface area contributed by atoms with Crippen LogP contribution in [0.15, 0.2) is 46.8 Å². The van der Waals surface area contributed by atoms with E-state index in [2.05, 4.69) is 40.9 Å². The van der Waals surface area contributed by atoms with E-state index in [-0.39, 0.29) is 36.0 Å².